The fourth-order valence-electron chi connectivity index (χ4n) is 7.64. The van der Waals surface area contributed by atoms with E-state index in [1.165, 1.54) is 44.5 Å². The smallest absolute Gasteiger partial charge is 0.118 e. The van der Waals surface area contributed by atoms with E-state index in [1.54, 1.807) is 30.6 Å². The first kappa shape index (κ1) is 29.3. The number of hydrogen-bond donors (Lipinski definition) is 0. The second-order valence-corrected chi connectivity index (χ2v) is 17.8. The minimum Gasteiger partial charge on any atom is -0.497 e. The third-order valence-corrected chi connectivity index (χ3v) is 13.6. The van der Waals surface area contributed by atoms with Gasteiger partial charge in [-0.3, -0.25) is 0 Å². The average molecular weight is 585 g/mol. The molecule has 4 aromatic rings. The first-order valence-electron chi connectivity index (χ1n) is 15.6. The van der Waals surface area contributed by atoms with Crippen molar-refractivity contribution in [3.63, 3.8) is 0 Å². The van der Waals surface area contributed by atoms with Gasteiger partial charge in [0.05, 0.1) is 22.3 Å². The van der Waals surface area contributed by atoms with Gasteiger partial charge in [-0.15, -0.1) is 0 Å². The van der Waals surface area contributed by atoms with Gasteiger partial charge in [-0.25, -0.2) is 0 Å². The molecule has 0 aromatic heterocycles. The first-order chi connectivity index (χ1) is 20.6. The van der Waals surface area contributed by atoms with Crippen molar-refractivity contribution in [1.82, 2.24) is 0 Å². The predicted molar refractivity (Wildman–Crippen MR) is 185 cm³/mol. The van der Waals surface area contributed by atoms with Crippen LogP contribution < -0.4 is 9.47 Å². The Labute approximate surface area is 259 Å². The normalized spacial score (nSPS) is 16.0. The van der Waals surface area contributed by atoms with Crippen LogP contribution in [0.3, 0.4) is 0 Å². The molecule has 0 spiro atoms. The van der Waals surface area contributed by atoms with Crippen molar-refractivity contribution >= 4 is 19.3 Å². The summed E-state index contributed by atoms with van der Waals surface area (Å²) in [5.41, 5.74) is 14.7. The topological polar surface area (TPSA) is 18.5 Å². The molecule has 1 unspecified atom stereocenters. The van der Waals surface area contributed by atoms with E-state index in [1.807, 2.05) is 0 Å². The average Bonchev–Trinajstić information content (AvgIpc) is 3.62. The van der Waals surface area contributed by atoms with E-state index in [2.05, 4.69) is 132 Å². The van der Waals surface area contributed by atoms with Crippen LogP contribution in [0.25, 0.3) is 33.5 Å². The molecular weight excluding hydrogens is 541 g/mol. The summed E-state index contributed by atoms with van der Waals surface area (Å²) in [5.74, 6) is 2.74. The van der Waals surface area contributed by atoms with Crippen molar-refractivity contribution in [1.29, 1.82) is 0 Å². The highest BCUT2D eigenvalue weighted by atomic mass is 28.3. The van der Waals surface area contributed by atoms with Crippen molar-refractivity contribution in [2.75, 3.05) is 14.2 Å². The van der Waals surface area contributed by atoms with Crippen molar-refractivity contribution < 1.29 is 9.47 Å². The van der Waals surface area contributed by atoms with Crippen LogP contribution in [-0.2, 0) is 6.42 Å². The molecule has 6 rings (SSSR count). The zero-order valence-electron chi connectivity index (χ0n) is 26.9. The van der Waals surface area contributed by atoms with Crippen LogP contribution in [0.4, 0.5) is 0 Å². The summed E-state index contributed by atoms with van der Waals surface area (Å²) in [5, 5.41) is 1.66. The molecule has 0 aliphatic heterocycles. The highest BCUT2D eigenvalue weighted by Gasteiger charge is 2.47. The summed E-state index contributed by atoms with van der Waals surface area (Å²) in [6.45, 7) is 14.8. The summed E-state index contributed by atoms with van der Waals surface area (Å²) in [7, 11) is 1.28. The van der Waals surface area contributed by atoms with E-state index in [4.69, 9.17) is 9.47 Å². The lowest BCUT2D eigenvalue weighted by molar-refractivity contribution is 0.415. The van der Waals surface area contributed by atoms with Gasteiger partial charge in [-0.1, -0.05) is 124 Å². The Morgan fingerprint density at radius 1 is 0.674 bits per heavy atom. The Morgan fingerprint density at radius 3 is 1.79 bits per heavy atom. The standard InChI is InChI=1S/C40H44O2Si/c1-25(2)35-23-29-11-9-13-33(27-15-19-31(41-5)20-16-27)37(29)39(35)43(7,8)40-36(26(3)4)24-30-12-10-14-34(38(30)40)28-17-21-32(42-6)22-18-28/h9-23,25-26,39H,24H2,1-8H3. The van der Waals surface area contributed by atoms with Gasteiger partial charge in [-0.2, -0.15) is 0 Å². The summed E-state index contributed by atoms with van der Waals surface area (Å²) in [6, 6.07) is 31.1. The largest absolute Gasteiger partial charge is 0.497 e. The molecule has 1 atom stereocenters. The van der Waals surface area contributed by atoms with Crippen LogP contribution >= 0.6 is 0 Å². The molecule has 3 heteroatoms. The Morgan fingerprint density at radius 2 is 1.23 bits per heavy atom. The van der Waals surface area contributed by atoms with Crippen molar-refractivity contribution in [2.45, 2.75) is 52.8 Å². The third-order valence-electron chi connectivity index (χ3n) is 9.72. The molecule has 2 aliphatic rings. The van der Waals surface area contributed by atoms with Gasteiger partial charge in [0.1, 0.15) is 11.5 Å². The van der Waals surface area contributed by atoms with E-state index in [-0.39, 0.29) is 0 Å². The molecule has 0 amide bonds. The van der Waals surface area contributed by atoms with E-state index in [9.17, 15) is 0 Å². The maximum Gasteiger partial charge on any atom is 0.118 e. The maximum absolute atomic E-state index is 5.50. The van der Waals surface area contributed by atoms with Gasteiger partial charge in [0.2, 0.25) is 0 Å². The van der Waals surface area contributed by atoms with E-state index >= 15 is 0 Å². The summed E-state index contributed by atoms with van der Waals surface area (Å²) < 4.78 is 11.0. The second-order valence-electron chi connectivity index (χ2n) is 13.3. The number of ether oxygens (including phenoxy) is 2. The molecule has 2 aliphatic carbocycles. The monoisotopic (exact) mass is 584 g/mol. The van der Waals surface area contributed by atoms with Gasteiger partial charge in [0.25, 0.3) is 0 Å². The van der Waals surface area contributed by atoms with Gasteiger partial charge < -0.3 is 9.47 Å². The van der Waals surface area contributed by atoms with Crippen LogP contribution in [0.15, 0.2) is 96.1 Å². The Balaban J connectivity index is 1.57. The molecule has 220 valence electrons. The number of fused-ring (bicyclic) bond motifs is 2. The second kappa shape index (κ2) is 11.4. The Bertz CT molecular complexity index is 1720. The highest BCUT2D eigenvalue weighted by Crippen LogP contribution is 2.56. The fraction of sp³-hybridized carbons (Fsp3) is 0.300. The molecule has 0 saturated heterocycles. The molecule has 0 heterocycles. The minimum absolute atomic E-state index is 0.388. The molecule has 0 N–H and O–H groups in total. The highest BCUT2D eigenvalue weighted by molar-refractivity contribution is 6.96. The number of allylic oxidation sites excluding steroid dienone is 2. The summed E-state index contributed by atoms with van der Waals surface area (Å²) in [4.78, 5) is 0. The van der Waals surface area contributed by atoms with Crippen LogP contribution in [0, 0.1) is 11.8 Å². The lowest BCUT2D eigenvalue weighted by Crippen LogP contribution is -2.39. The van der Waals surface area contributed by atoms with Crippen LogP contribution in [-0.4, -0.2) is 22.3 Å². The molecule has 43 heavy (non-hydrogen) atoms. The van der Waals surface area contributed by atoms with Gasteiger partial charge in [0.15, 0.2) is 0 Å². The SMILES string of the molecule is COc1ccc(-c2cccc3c2C([Si](C)(C)C2C(C(C)C)=Cc4cccc(-c5ccc(OC)cc5)c42)=C(C(C)C)C3)cc1. The predicted octanol–water partition coefficient (Wildman–Crippen LogP) is 10.6. The van der Waals surface area contributed by atoms with E-state index in [0.29, 0.717) is 17.4 Å². The number of rotatable bonds is 8. The molecule has 0 bridgehead atoms. The van der Waals surface area contributed by atoms with Gasteiger partial charge in [-0.05, 0) is 87.0 Å². The first-order valence-corrected chi connectivity index (χ1v) is 18.7. The zero-order chi connectivity index (χ0) is 30.5. The molecular formula is C40H44O2Si. The van der Waals surface area contributed by atoms with Gasteiger partial charge in [0, 0.05) is 5.54 Å². The van der Waals surface area contributed by atoms with E-state index in [0.717, 1.165) is 17.9 Å². The third kappa shape index (κ3) is 4.98. The lowest BCUT2D eigenvalue weighted by atomic mass is 9.93. The minimum atomic E-state index is -2.19. The number of benzene rings is 4. The summed E-state index contributed by atoms with van der Waals surface area (Å²) in [6.07, 6.45) is 3.57. The van der Waals surface area contributed by atoms with Crippen molar-refractivity contribution in [3.05, 3.63) is 118 Å². The molecule has 0 fully saturated rings. The number of methoxy groups -OCH3 is 2. The zero-order valence-corrected chi connectivity index (χ0v) is 27.9. The van der Waals surface area contributed by atoms with Gasteiger partial charge >= 0.3 is 0 Å². The van der Waals surface area contributed by atoms with Crippen molar-refractivity contribution in [2.24, 2.45) is 11.8 Å². The molecule has 4 aromatic carbocycles. The Kier molecular flexibility index (Phi) is 7.72. The summed E-state index contributed by atoms with van der Waals surface area (Å²) >= 11 is 0. The fourth-order valence-corrected chi connectivity index (χ4v) is 12.4. The number of hydrogen-bond acceptors (Lipinski definition) is 2. The van der Waals surface area contributed by atoms with Crippen LogP contribution in [0.1, 0.15) is 55.5 Å². The van der Waals surface area contributed by atoms with E-state index < -0.39 is 8.07 Å². The molecule has 0 saturated carbocycles. The lowest BCUT2D eigenvalue weighted by Gasteiger charge is -2.38. The molecule has 2 nitrogen and oxygen atoms in total. The van der Waals surface area contributed by atoms with Crippen LogP contribution in [0.2, 0.25) is 13.1 Å². The van der Waals surface area contributed by atoms with Crippen molar-refractivity contribution in [3.8, 4) is 33.8 Å². The van der Waals surface area contributed by atoms with Crippen LogP contribution in [0.5, 0.6) is 11.5 Å². The maximum atomic E-state index is 5.50. The quantitative estimate of drug-likeness (QED) is 0.192. The Hall–Kier alpha value is -3.82. The molecule has 0 radical (unpaired) electrons.